The first-order valence-electron chi connectivity index (χ1n) is 14.0. The van der Waals surface area contributed by atoms with Crippen LogP contribution >= 0.6 is 12.2 Å². The Labute approximate surface area is 272 Å². The van der Waals surface area contributed by atoms with Crippen molar-refractivity contribution in [1.29, 1.82) is 0 Å². The minimum absolute atomic E-state index is 0.0249. The highest BCUT2D eigenvalue weighted by Crippen LogP contribution is 2.54. The number of primary amides is 1. The van der Waals surface area contributed by atoms with Crippen LogP contribution in [0.2, 0.25) is 0 Å². The van der Waals surface area contributed by atoms with Crippen LogP contribution in [0.25, 0.3) is 5.76 Å². The van der Waals surface area contributed by atoms with E-state index >= 15 is 0 Å². The lowest BCUT2D eigenvalue weighted by Crippen LogP contribution is -2.58. The summed E-state index contributed by atoms with van der Waals surface area (Å²) in [6.07, 6.45) is -10.9. The molecule has 0 heterocycles. The summed E-state index contributed by atoms with van der Waals surface area (Å²) in [4.78, 5) is 39.8. The second-order valence-electron chi connectivity index (χ2n) is 11.8. The number of hydrogen-bond donors (Lipinski definition) is 7. The number of nitrogens with zero attached hydrogens (tertiary/aromatic N) is 1. The van der Waals surface area contributed by atoms with E-state index in [1.54, 1.807) is 19.0 Å². The van der Waals surface area contributed by atoms with Gasteiger partial charge in [0.2, 0.25) is 5.78 Å². The molecule has 8 N–H and O–H groups in total. The first kappa shape index (κ1) is 34.5. The number of fused-ring (bicyclic) bond motifs is 3. The van der Waals surface area contributed by atoms with Crippen molar-refractivity contribution in [1.82, 2.24) is 0 Å². The normalized spacial score (nSPS) is 22.5. The molecular weight excluding hydrogens is 674 g/mol. The van der Waals surface area contributed by atoms with Gasteiger partial charge in [-0.15, -0.1) is 0 Å². The summed E-state index contributed by atoms with van der Waals surface area (Å²) in [5.41, 5.74) is -2.83. The largest absolute Gasteiger partial charge is 0.508 e. The summed E-state index contributed by atoms with van der Waals surface area (Å²) in [5, 5.41) is 49.1. The monoisotopic (exact) mass is 700 g/mol. The molecule has 3 aliphatic rings. The van der Waals surface area contributed by atoms with Gasteiger partial charge < -0.3 is 41.7 Å². The summed E-state index contributed by atoms with van der Waals surface area (Å²) in [7, 11) is 3.17. The van der Waals surface area contributed by atoms with Gasteiger partial charge in [-0.05, 0) is 60.8 Å². The van der Waals surface area contributed by atoms with E-state index in [-0.39, 0.29) is 30.2 Å². The molecule has 1 amide bonds. The lowest BCUT2D eigenvalue weighted by atomic mass is 9.59. The van der Waals surface area contributed by atoms with Crippen LogP contribution in [0.15, 0.2) is 41.2 Å². The number of nitrogens with two attached hydrogens (primary N) is 1. The lowest BCUT2D eigenvalue weighted by molar-refractivity contribution is -0.148. The molecule has 0 saturated heterocycles. The molecule has 5 rings (SSSR count). The molecule has 0 bridgehead atoms. The van der Waals surface area contributed by atoms with Crippen molar-refractivity contribution in [3.8, 4) is 5.75 Å². The van der Waals surface area contributed by atoms with Crippen molar-refractivity contribution in [3.63, 3.8) is 0 Å². The van der Waals surface area contributed by atoms with Crippen molar-refractivity contribution in [2.75, 3.05) is 29.6 Å². The van der Waals surface area contributed by atoms with Gasteiger partial charge in [0.1, 0.15) is 22.8 Å². The van der Waals surface area contributed by atoms with Crippen molar-refractivity contribution >= 4 is 57.6 Å². The fourth-order valence-electron chi connectivity index (χ4n) is 6.48. The molecule has 2 aromatic rings. The lowest BCUT2D eigenvalue weighted by Gasteiger charge is -2.46. The molecule has 11 nitrogen and oxygen atoms in total. The second kappa shape index (κ2) is 11.4. The number of nitrogens with one attached hydrogen (secondary N) is 2. The molecule has 0 aromatic heterocycles. The molecule has 256 valence electrons. The third-order valence-electron chi connectivity index (χ3n) is 8.62. The quantitative estimate of drug-likeness (QED) is 0.104. The van der Waals surface area contributed by atoms with Gasteiger partial charge in [-0.25, -0.2) is 0 Å². The Morgan fingerprint density at radius 3 is 2.08 bits per heavy atom. The van der Waals surface area contributed by atoms with E-state index in [0.717, 1.165) is 0 Å². The van der Waals surface area contributed by atoms with Crippen LogP contribution < -0.4 is 21.3 Å². The van der Waals surface area contributed by atoms with Gasteiger partial charge in [0.15, 0.2) is 16.5 Å². The summed E-state index contributed by atoms with van der Waals surface area (Å²) >= 11 is 5.12. The van der Waals surface area contributed by atoms with Gasteiger partial charge >= 0.3 is 12.4 Å². The number of aromatic hydroxyl groups is 1. The van der Waals surface area contributed by atoms with Crippen molar-refractivity contribution in [3.05, 3.63) is 63.4 Å². The maximum Gasteiger partial charge on any atom is 0.416 e. The number of rotatable bonds is 4. The van der Waals surface area contributed by atoms with Gasteiger partial charge in [0.25, 0.3) is 5.91 Å². The maximum atomic E-state index is 13.8. The third kappa shape index (κ3) is 5.57. The average molecular weight is 701 g/mol. The SMILES string of the molecule is CN(C)c1cc(NC(=S)Nc2cc(C(F)(F)F)cc(C(F)(F)F)c2)c(O)c2c1CC1CC3CC(=O)C(C(N)=O)=C(O)C3(O)C(=O)C1=C2O. The number of anilines is 3. The summed E-state index contributed by atoms with van der Waals surface area (Å²) < 4.78 is 80.1. The number of aliphatic hydroxyl groups is 3. The van der Waals surface area contributed by atoms with Gasteiger partial charge in [-0.2, -0.15) is 26.3 Å². The third-order valence-corrected chi connectivity index (χ3v) is 8.82. The molecule has 18 heteroatoms. The summed E-state index contributed by atoms with van der Waals surface area (Å²) in [6, 6.07) is 2.07. The molecule has 0 spiro atoms. The number of alkyl halides is 6. The molecule has 0 aliphatic heterocycles. The van der Waals surface area contributed by atoms with Crippen LogP contribution in [-0.4, -0.2) is 62.7 Å². The van der Waals surface area contributed by atoms with Crippen LogP contribution in [0, 0.1) is 11.8 Å². The first-order chi connectivity index (χ1) is 22.1. The van der Waals surface area contributed by atoms with E-state index in [1.165, 1.54) is 6.07 Å². The van der Waals surface area contributed by atoms with Crippen molar-refractivity contribution < 1.29 is 61.2 Å². The minimum atomic E-state index is -5.13. The highest BCUT2D eigenvalue weighted by molar-refractivity contribution is 7.80. The smallest absolute Gasteiger partial charge is 0.416 e. The number of aliphatic hydroxyl groups excluding tert-OH is 2. The van der Waals surface area contributed by atoms with E-state index in [9.17, 15) is 61.2 Å². The predicted octanol–water partition coefficient (Wildman–Crippen LogP) is 4.34. The number of halogens is 6. The fourth-order valence-corrected chi connectivity index (χ4v) is 6.70. The zero-order valence-corrected chi connectivity index (χ0v) is 25.6. The van der Waals surface area contributed by atoms with E-state index in [2.05, 4.69) is 10.6 Å². The van der Waals surface area contributed by atoms with Gasteiger partial charge in [0.05, 0.1) is 22.4 Å². The van der Waals surface area contributed by atoms with E-state index in [4.69, 9.17) is 18.0 Å². The Morgan fingerprint density at radius 1 is 0.979 bits per heavy atom. The topological polar surface area (TPSA) is 185 Å². The maximum absolute atomic E-state index is 13.8. The molecule has 0 radical (unpaired) electrons. The molecule has 1 saturated carbocycles. The number of phenols is 1. The summed E-state index contributed by atoms with van der Waals surface area (Å²) in [5.74, 6) is -8.30. The highest BCUT2D eigenvalue weighted by Gasteiger charge is 2.60. The number of benzene rings is 2. The van der Waals surface area contributed by atoms with Crippen molar-refractivity contribution in [2.45, 2.75) is 37.2 Å². The number of amides is 1. The molecule has 48 heavy (non-hydrogen) atoms. The number of phenolic OH excluding ortho intramolecular Hbond substituents is 1. The number of Topliss-reactive ketones (excluding diaryl/α,β-unsaturated/α-hetero) is 2. The first-order valence-corrected chi connectivity index (χ1v) is 14.4. The van der Waals surface area contributed by atoms with Crippen molar-refractivity contribution in [2.24, 2.45) is 17.6 Å². The molecule has 1 fully saturated rings. The van der Waals surface area contributed by atoms with E-state index in [0.29, 0.717) is 23.4 Å². The predicted molar refractivity (Wildman–Crippen MR) is 162 cm³/mol. The van der Waals surface area contributed by atoms with E-state index in [1.807, 2.05) is 0 Å². The standard InChI is InChI=1S/C30H26F6N4O7S/c1-40(2)17-9-16(39-27(48)38-14-6-12(29(31,32)33)5-13(7-14)30(34,35)36)22(42)20-15(17)4-10-3-11-8-18(41)21(26(37)46)25(45)28(11,47)24(44)19(10)23(20)43/h5-7,9-11,42-43,45,47H,3-4,8H2,1-2H3,(H2,37,46)(H2,38,39,48). The summed E-state index contributed by atoms with van der Waals surface area (Å²) in [6.45, 7) is 0. The minimum Gasteiger partial charge on any atom is -0.508 e. The second-order valence-corrected chi connectivity index (χ2v) is 12.2. The Kier molecular flexibility index (Phi) is 8.19. The van der Waals surface area contributed by atoms with Gasteiger partial charge in [0, 0.05) is 43.4 Å². The van der Waals surface area contributed by atoms with Crippen LogP contribution in [0.3, 0.4) is 0 Å². The van der Waals surface area contributed by atoms with Crippen LogP contribution in [0.1, 0.15) is 35.1 Å². The average Bonchev–Trinajstić information content (AvgIpc) is 2.94. The number of hydrogen-bond acceptors (Lipinski definition) is 9. The number of carbonyl (C=O) groups excluding carboxylic acids is 3. The zero-order valence-electron chi connectivity index (χ0n) is 24.8. The Bertz CT molecular complexity index is 1840. The van der Waals surface area contributed by atoms with Gasteiger partial charge in [-0.3, -0.25) is 14.4 Å². The van der Waals surface area contributed by atoms with Crippen LogP contribution in [0.5, 0.6) is 5.75 Å². The van der Waals surface area contributed by atoms with E-state index < -0.39 is 104 Å². The number of ketones is 2. The molecule has 3 atom stereocenters. The van der Waals surface area contributed by atoms with Crippen LogP contribution in [-0.2, 0) is 33.2 Å². The molecular formula is C30H26F6N4O7S. The molecule has 3 unspecified atom stereocenters. The highest BCUT2D eigenvalue weighted by atomic mass is 32.1. The molecule has 3 aliphatic carbocycles. The number of thiocarbonyl (C=S) groups is 1. The van der Waals surface area contributed by atoms with Crippen LogP contribution in [0.4, 0.5) is 43.4 Å². The Balaban J connectivity index is 1.57. The zero-order chi connectivity index (χ0) is 35.8. The number of carbonyl (C=O) groups is 3. The molecule has 2 aromatic carbocycles. The van der Waals surface area contributed by atoms with Gasteiger partial charge in [-0.1, -0.05) is 0 Å². The fraction of sp³-hybridized carbons (Fsp3) is 0.333. The Hall–Kier alpha value is -4.84. The Morgan fingerprint density at radius 2 is 1.56 bits per heavy atom.